The van der Waals surface area contributed by atoms with Gasteiger partial charge < -0.3 is 19.8 Å². The van der Waals surface area contributed by atoms with E-state index in [0.29, 0.717) is 16.9 Å². The first-order valence-electron chi connectivity index (χ1n) is 14.3. The van der Waals surface area contributed by atoms with Crippen molar-refractivity contribution >= 4 is 34.6 Å². The third-order valence-corrected chi connectivity index (χ3v) is 8.71. The quantitative estimate of drug-likeness (QED) is 0.343. The molecule has 0 radical (unpaired) electrons. The molecule has 2 saturated heterocycles. The summed E-state index contributed by atoms with van der Waals surface area (Å²) in [5.74, 6) is -0.661. The molecule has 2 atom stereocenters. The Morgan fingerprint density at radius 1 is 1.11 bits per heavy atom. The van der Waals surface area contributed by atoms with E-state index in [1.807, 2.05) is 6.92 Å². The van der Waals surface area contributed by atoms with E-state index in [0.717, 1.165) is 5.56 Å². The van der Waals surface area contributed by atoms with Gasteiger partial charge in [-0.2, -0.15) is 0 Å². The van der Waals surface area contributed by atoms with Gasteiger partial charge in [-0.15, -0.1) is 0 Å². The molecule has 0 aliphatic carbocycles. The highest BCUT2D eigenvalue weighted by atomic mass is 35.5. The van der Waals surface area contributed by atoms with Gasteiger partial charge in [0.25, 0.3) is 11.5 Å². The van der Waals surface area contributed by atoms with Crippen LogP contribution in [-0.4, -0.2) is 84.1 Å². The predicted molar refractivity (Wildman–Crippen MR) is 160 cm³/mol. The first kappa shape index (κ1) is 29.8. The van der Waals surface area contributed by atoms with Gasteiger partial charge in [0, 0.05) is 24.3 Å². The smallest absolute Gasteiger partial charge is 0.407 e. The molecule has 2 aromatic heterocycles. The molecule has 4 heterocycles. The monoisotopic (exact) mass is 623 g/mol. The van der Waals surface area contributed by atoms with E-state index in [1.54, 1.807) is 33.7 Å². The summed E-state index contributed by atoms with van der Waals surface area (Å²) in [4.78, 5) is 45.6. The zero-order valence-corrected chi connectivity index (χ0v) is 24.7. The van der Waals surface area contributed by atoms with Crippen molar-refractivity contribution in [2.24, 2.45) is 0 Å². The van der Waals surface area contributed by atoms with Crippen molar-refractivity contribution in [3.63, 3.8) is 0 Å². The molecule has 6 rings (SSSR count). The van der Waals surface area contributed by atoms with Crippen LogP contribution in [-0.2, 0) is 11.3 Å². The number of ether oxygens (including phenoxy) is 1. The predicted octanol–water partition coefficient (Wildman–Crippen LogP) is 4.09. The van der Waals surface area contributed by atoms with Crippen molar-refractivity contribution in [1.82, 2.24) is 23.9 Å². The summed E-state index contributed by atoms with van der Waals surface area (Å²) in [7, 11) is 0. The summed E-state index contributed by atoms with van der Waals surface area (Å²) in [5, 5.41) is 21.5. The third kappa shape index (κ3) is 5.68. The molecule has 2 fully saturated rings. The number of amides is 2. The van der Waals surface area contributed by atoms with E-state index in [-0.39, 0.29) is 73.7 Å². The molecule has 2 aliphatic heterocycles. The Morgan fingerprint density at radius 3 is 2.45 bits per heavy atom. The highest BCUT2D eigenvalue weighted by Gasteiger charge is 2.35. The van der Waals surface area contributed by atoms with Crippen molar-refractivity contribution in [2.45, 2.75) is 44.1 Å². The van der Waals surface area contributed by atoms with Crippen LogP contribution in [0, 0.1) is 5.82 Å². The van der Waals surface area contributed by atoms with Crippen LogP contribution in [0.25, 0.3) is 16.7 Å². The van der Waals surface area contributed by atoms with Gasteiger partial charge in [-0.05, 0) is 67.8 Å². The van der Waals surface area contributed by atoms with E-state index in [4.69, 9.17) is 16.3 Å². The largest absolute Gasteiger partial charge is 0.465 e. The van der Waals surface area contributed by atoms with Crippen LogP contribution >= 0.6 is 11.6 Å². The van der Waals surface area contributed by atoms with E-state index in [9.17, 15) is 29.0 Å². The topological polar surface area (TPSA) is 130 Å². The molecule has 2 aliphatic rings. The van der Waals surface area contributed by atoms with E-state index < -0.39 is 23.6 Å². The molecule has 230 valence electrons. The molecule has 2 N–H and O–H groups in total. The Balaban J connectivity index is 1.19. The third-order valence-electron chi connectivity index (χ3n) is 8.43. The number of aromatic nitrogens is 3. The van der Waals surface area contributed by atoms with Gasteiger partial charge in [-0.3, -0.25) is 23.6 Å². The Kier molecular flexibility index (Phi) is 7.91. The number of piperidine rings is 1. The van der Waals surface area contributed by atoms with Crippen molar-refractivity contribution in [3.8, 4) is 5.69 Å². The first-order valence-corrected chi connectivity index (χ1v) is 14.7. The number of benzene rings is 2. The van der Waals surface area contributed by atoms with Crippen molar-refractivity contribution in [1.29, 1.82) is 0 Å². The zero-order chi connectivity index (χ0) is 31.2. The van der Waals surface area contributed by atoms with Crippen molar-refractivity contribution in [3.05, 3.63) is 93.4 Å². The average Bonchev–Trinajstić information content (AvgIpc) is 3.35. The molecule has 4 aromatic rings. The number of hydrogen-bond donors (Lipinski definition) is 2. The standard InChI is InChI=1S/C31H31ClFN5O6/c1-19-15-37(30(41)42)25(16-44-19)20-4-8-23(9-5-20)38-26(32)14-24-27(38)34-18-36(29(24)40)17-31(43)10-12-35(13-11-31)28(39)21-2-6-22(33)7-3-21/h2-9,14,18-19,25,43H,10-13,15-17H2,1H3,(H,41,42)/t19-,25-/m0/s1. The molecule has 2 aromatic carbocycles. The van der Waals surface area contributed by atoms with E-state index >= 15 is 0 Å². The van der Waals surface area contributed by atoms with Crippen LogP contribution in [0.2, 0.25) is 5.15 Å². The minimum Gasteiger partial charge on any atom is -0.465 e. The van der Waals surface area contributed by atoms with Crippen molar-refractivity contribution in [2.75, 3.05) is 26.2 Å². The average molecular weight is 624 g/mol. The number of likely N-dealkylation sites (tertiary alicyclic amines) is 1. The number of carboxylic acid groups (broad SMARTS) is 1. The number of fused-ring (bicyclic) bond motifs is 1. The van der Waals surface area contributed by atoms with Crippen LogP contribution in [0.15, 0.2) is 65.7 Å². The molecule has 11 nitrogen and oxygen atoms in total. The zero-order valence-electron chi connectivity index (χ0n) is 23.9. The summed E-state index contributed by atoms with van der Waals surface area (Å²) in [6.45, 7) is 2.91. The van der Waals surface area contributed by atoms with E-state index in [1.165, 1.54) is 46.1 Å². The summed E-state index contributed by atoms with van der Waals surface area (Å²) in [6.07, 6.45) is 0.687. The van der Waals surface area contributed by atoms with Crippen LogP contribution in [0.5, 0.6) is 0 Å². The van der Waals surface area contributed by atoms with Gasteiger partial charge in [-0.25, -0.2) is 14.2 Å². The Morgan fingerprint density at radius 2 is 1.80 bits per heavy atom. The van der Waals surface area contributed by atoms with Crippen molar-refractivity contribution < 1.29 is 28.9 Å². The Labute approximate surface area is 256 Å². The lowest BCUT2D eigenvalue weighted by molar-refractivity contribution is -0.0465. The van der Waals surface area contributed by atoms with Gasteiger partial charge in [0.2, 0.25) is 0 Å². The molecule has 2 amide bonds. The fraction of sp³-hybridized carbons (Fsp3) is 0.355. The minimum atomic E-state index is -1.23. The SMILES string of the molecule is C[C@H]1CN(C(=O)O)[C@H](c2ccc(-n3c(Cl)cc4c(=O)n(CC5(O)CCN(C(=O)c6ccc(F)cc6)CC5)cnc43)cc2)CO1. The molecule has 44 heavy (non-hydrogen) atoms. The number of morpholine rings is 1. The normalized spacial score (nSPS) is 20.2. The minimum absolute atomic E-state index is 0.00694. The lowest BCUT2D eigenvalue weighted by Gasteiger charge is -2.38. The summed E-state index contributed by atoms with van der Waals surface area (Å²) < 4.78 is 21.9. The maximum Gasteiger partial charge on any atom is 0.407 e. The number of carbonyl (C=O) groups is 2. The molecule has 0 unspecified atom stereocenters. The lowest BCUT2D eigenvalue weighted by atomic mass is 9.91. The number of carbonyl (C=O) groups excluding carboxylic acids is 1. The number of hydrogen-bond acceptors (Lipinski definition) is 6. The molecule has 0 saturated carbocycles. The van der Waals surface area contributed by atoms with Crippen LogP contribution in [0.4, 0.5) is 9.18 Å². The number of rotatable bonds is 5. The lowest BCUT2D eigenvalue weighted by Crippen LogP contribution is -2.49. The first-order chi connectivity index (χ1) is 21.0. The maximum absolute atomic E-state index is 13.5. The number of nitrogens with zero attached hydrogens (tertiary/aromatic N) is 5. The summed E-state index contributed by atoms with van der Waals surface area (Å²) >= 11 is 6.58. The molecule has 0 spiro atoms. The Hall–Kier alpha value is -4.26. The number of aliphatic hydroxyl groups is 1. The highest BCUT2D eigenvalue weighted by molar-refractivity contribution is 6.31. The Bertz CT molecular complexity index is 1770. The van der Waals surface area contributed by atoms with Crippen LogP contribution in [0.3, 0.4) is 0 Å². The van der Waals surface area contributed by atoms with Gasteiger partial charge in [-0.1, -0.05) is 23.7 Å². The van der Waals surface area contributed by atoms with Gasteiger partial charge >= 0.3 is 6.09 Å². The fourth-order valence-corrected chi connectivity index (χ4v) is 6.24. The molecular weight excluding hydrogens is 593 g/mol. The van der Waals surface area contributed by atoms with Gasteiger partial charge in [0.1, 0.15) is 17.3 Å². The second-order valence-electron chi connectivity index (χ2n) is 11.4. The van der Waals surface area contributed by atoms with Crippen LogP contribution in [0.1, 0.15) is 41.7 Å². The molecule has 13 heteroatoms. The summed E-state index contributed by atoms with van der Waals surface area (Å²) in [6, 6.07) is 13.6. The fourth-order valence-electron chi connectivity index (χ4n) is 5.96. The van der Waals surface area contributed by atoms with E-state index in [2.05, 4.69) is 4.98 Å². The second kappa shape index (κ2) is 11.7. The number of halogens is 2. The molecular formula is C31H31ClFN5O6. The highest BCUT2D eigenvalue weighted by Crippen LogP contribution is 2.30. The second-order valence-corrected chi connectivity index (χ2v) is 11.8. The van der Waals surface area contributed by atoms with Crippen LogP contribution < -0.4 is 5.56 Å². The van der Waals surface area contributed by atoms with Gasteiger partial charge in [0.15, 0.2) is 5.65 Å². The van der Waals surface area contributed by atoms with Gasteiger partial charge in [0.05, 0.1) is 42.8 Å². The maximum atomic E-state index is 13.5. The molecule has 0 bridgehead atoms. The summed E-state index contributed by atoms with van der Waals surface area (Å²) in [5.41, 5.74) is 0.532.